The van der Waals surface area contributed by atoms with Gasteiger partial charge in [-0.2, -0.15) is 0 Å². The van der Waals surface area contributed by atoms with E-state index in [0.717, 1.165) is 0 Å². The van der Waals surface area contributed by atoms with Gasteiger partial charge in [-0.3, -0.25) is 0 Å². The Labute approximate surface area is 60.3 Å². The molecule has 0 radical (unpaired) electrons. The van der Waals surface area contributed by atoms with Crippen LogP contribution in [-0.2, 0) is 9.53 Å². The first-order chi connectivity index (χ1) is 4.57. The Morgan fingerprint density at radius 1 is 1.70 bits per heavy atom. The molecule has 0 aromatic carbocycles. The first kappa shape index (κ1) is 9.17. The minimum absolute atomic E-state index is 0.402. The summed E-state index contributed by atoms with van der Waals surface area (Å²) >= 11 is 0. The van der Waals surface area contributed by atoms with E-state index in [1.165, 1.54) is 13.2 Å². The molecule has 0 heterocycles. The van der Waals surface area contributed by atoms with E-state index in [1.807, 2.05) is 0 Å². The highest BCUT2D eigenvalue weighted by Crippen LogP contribution is 1.97. The van der Waals surface area contributed by atoms with Crippen molar-refractivity contribution in [1.29, 1.82) is 0 Å². The number of esters is 1. The van der Waals surface area contributed by atoms with Crippen molar-refractivity contribution in [3.05, 3.63) is 11.6 Å². The summed E-state index contributed by atoms with van der Waals surface area (Å²) in [5.41, 5.74) is 0.428. The SMILES string of the molecule is COC(=O)C(C)=CC(C)O. The van der Waals surface area contributed by atoms with Crippen LogP contribution in [0, 0.1) is 0 Å². The van der Waals surface area contributed by atoms with E-state index in [4.69, 9.17) is 5.11 Å². The number of carbonyl (C=O) groups excluding carboxylic acids is 1. The van der Waals surface area contributed by atoms with E-state index < -0.39 is 12.1 Å². The van der Waals surface area contributed by atoms with Crippen LogP contribution in [0.25, 0.3) is 0 Å². The highest BCUT2D eigenvalue weighted by Gasteiger charge is 2.02. The van der Waals surface area contributed by atoms with Crippen LogP contribution in [0.2, 0.25) is 0 Å². The average Bonchev–Trinajstić information content (AvgIpc) is 1.85. The Morgan fingerprint density at radius 3 is 2.50 bits per heavy atom. The minimum Gasteiger partial charge on any atom is -0.466 e. The van der Waals surface area contributed by atoms with Gasteiger partial charge in [-0.05, 0) is 19.9 Å². The van der Waals surface area contributed by atoms with Crippen LogP contribution in [-0.4, -0.2) is 24.3 Å². The number of methoxy groups -OCH3 is 1. The molecule has 0 spiro atoms. The maximum Gasteiger partial charge on any atom is 0.333 e. The fourth-order valence-electron chi connectivity index (χ4n) is 0.591. The molecule has 58 valence electrons. The number of rotatable bonds is 2. The molecule has 0 bridgehead atoms. The minimum atomic E-state index is -0.598. The van der Waals surface area contributed by atoms with Crippen molar-refractivity contribution in [2.24, 2.45) is 0 Å². The van der Waals surface area contributed by atoms with Crippen molar-refractivity contribution < 1.29 is 14.6 Å². The number of ether oxygens (including phenoxy) is 1. The van der Waals surface area contributed by atoms with Gasteiger partial charge >= 0.3 is 5.97 Å². The van der Waals surface area contributed by atoms with E-state index in [1.54, 1.807) is 13.8 Å². The van der Waals surface area contributed by atoms with Gasteiger partial charge in [0.15, 0.2) is 0 Å². The van der Waals surface area contributed by atoms with E-state index >= 15 is 0 Å². The summed E-state index contributed by atoms with van der Waals surface area (Å²) in [7, 11) is 1.31. The molecule has 0 amide bonds. The molecule has 10 heavy (non-hydrogen) atoms. The van der Waals surface area contributed by atoms with Crippen LogP contribution in [0.15, 0.2) is 11.6 Å². The molecule has 3 nitrogen and oxygen atoms in total. The smallest absolute Gasteiger partial charge is 0.333 e. The molecule has 0 aliphatic carbocycles. The Morgan fingerprint density at radius 2 is 2.20 bits per heavy atom. The fourth-order valence-corrected chi connectivity index (χ4v) is 0.591. The molecule has 1 unspecified atom stereocenters. The van der Waals surface area contributed by atoms with Crippen LogP contribution in [0.5, 0.6) is 0 Å². The monoisotopic (exact) mass is 144 g/mol. The van der Waals surface area contributed by atoms with Gasteiger partial charge in [0, 0.05) is 5.57 Å². The standard InChI is InChI=1S/C7H12O3/c1-5(4-6(2)8)7(9)10-3/h4,6,8H,1-3H3. The molecule has 0 aliphatic rings. The Hall–Kier alpha value is -0.830. The second-order valence-corrected chi connectivity index (χ2v) is 2.08. The molecular formula is C7H12O3. The van der Waals surface area contributed by atoms with E-state index in [-0.39, 0.29) is 0 Å². The Balaban J connectivity index is 4.05. The maximum atomic E-state index is 10.6. The molecule has 0 aliphatic heterocycles. The molecule has 0 saturated heterocycles. The zero-order valence-electron chi connectivity index (χ0n) is 6.42. The topological polar surface area (TPSA) is 46.5 Å². The van der Waals surface area contributed by atoms with Crippen molar-refractivity contribution in [3.8, 4) is 0 Å². The predicted octanol–water partition coefficient (Wildman–Crippen LogP) is 0.486. The highest BCUT2D eigenvalue weighted by molar-refractivity contribution is 5.87. The van der Waals surface area contributed by atoms with Crippen LogP contribution in [0.1, 0.15) is 13.8 Å². The third-order valence-corrected chi connectivity index (χ3v) is 0.999. The lowest BCUT2D eigenvalue weighted by atomic mass is 10.2. The quantitative estimate of drug-likeness (QED) is 0.453. The largest absolute Gasteiger partial charge is 0.466 e. The van der Waals surface area contributed by atoms with Crippen molar-refractivity contribution in [1.82, 2.24) is 0 Å². The van der Waals surface area contributed by atoms with Gasteiger partial charge in [-0.25, -0.2) is 4.79 Å². The summed E-state index contributed by atoms with van der Waals surface area (Å²) in [6.45, 7) is 3.17. The molecule has 0 saturated carbocycles. The summed E-state index contributed by atoms with van der Waals surface area (Å²) in [4.78, 5) is 10.6. The number of aliphatic hydroxyl groups excluding tert-OH is 1. The molecular weight excluding hydrogens is 132 g/mol. The third-order valence-electron chi connectivity index (χ3n) is 0.999. The normalized spacial score (nSPS) is 14.6. The average molecular weight is 144 g/mol. The molecule has 1 atom stereocenters. The Bertz CT molecular complexity index is 147. The molecule has 0 fully saturated rings. The lowest BCUT2D eigenvalue weighted by molar-refractivity contribution is -0.136. The van der Waals surface area contributed by atoms with E-state index in [0.29, 0.717) is 5.57 Å². The van der Waals surface area contributed by atoms with Crippen molar-refractivity contribution in [2.45, 2.75) is 20.0 Å². The van der Waals surface area contributed by atoms with E-state index in [2.05, 4.69) is 4.74 Å². The van der Waals surface area contributed by atoms with Gasteiger partial charge in [-0.15, -0.1) is 0 Å². The fraction of sp³-hybridized carbons (Fsp3) is 0.571. The predicted molar refractivity (Wildman–Crippen MR) is 37.5 cm³/mol. The lowest BCUT2D eigenvalue weighted by Crippen LogP contribution is -2.05. The van der Waals surface area contributed by atoms with Gasteiger partial charge < -0.3 is 9.84 Å². The van der Waals surface area contributed by atoms with Crippen molar-refractivity contribution in [3.63, 3.8) is 0 Å². The summed E-state index contributed by atoms with van der Waals surface area (Å²) < 4.78 is 4.39. The van der Waals surface area contributed by atoms with E-state index in [9.17, 15) is 4.79 Å². The highest BCUT2D eigenvalue weighted by atomic mass is 16.5. The summed E-state index contributed by atoms with van der Waals surface area (Å²) in [6, 6.07) is 0. The van der Waals surface area contributed by atoms with Gasteiger partial charge in [0.05, 0.1) is 13.2 Å². The summed E-state index contributed by atoms with van der Waals surface area (Å²) in [5.74, 6) is -0.402. The van der Waals surface area contributed by atoms with Gasteiger partial charge in [0.1, 0.15) is 0 Å². The summed E-state index contributed by atoms with van der Waals surface area (Å²) in [6.07, 6.45) is 0.838. The first-order valence-electron chi connectivity index (χ1n) is 3.02. The molecule has 1 N–H and O–H groups in total. The van der Waals surface area contributed by atoms with Crippen LogP contribution in [0.3, 0.4) is 0 Å². The van der Waals surface area contributed by atoms with Crippen LogP contribution in [0.4, 0.5) is 0 Å². The van der Waals surface area contributed by atoms with Gasteiger partial charge in [0.2, 0.25) is 0 Å². The number of hydrogen-bond donors (Lipinski definition) is 1. The first-order valence-corrected chi connectivity index (χ1v) is 3.02. The number of carbonyl (C=O) groups is 1. The zero-order valence-corrected chi connectivity index (χ0v) is 6.42. The molecule has 0 rings (SSSR count). The molecule has 0 aromatic heterocycles. The van der Waals surface area contributed by atoms with Gasteiger partial charge in [-0.1, -0.05) is 0 Å². The Kier molecular flexibility index (Phi) is 3.72. The second kappa shape index (κ2) is 4.06. The van der Waals surface area contributed by atoms with Gasteiger partial charge in [0.25, 0.3) is 0 Å². The molecule has 0 aromatic rings. The molecule has 3 heteroatoms. The summed E-state index contributed by atoms with van der Waals surface area (Å²) in [5, 5.41) is 8.78. The number of aliphatic hydroxyl groups is 1. The maximum absolute atomic E-state index is 10.6. The lowest BCUT2D eigenvalue weighted by Gasteiger charge is -1.99. The van der Waals surface area contributed by atoms with Crippen molar-refractivity contribution >= 4 is 5.97 Å². The van der Waals surface area contributed by atoms with Crippen molar-refractivity contribution in [2.75, 3.05) is 7.11 Å². The second-order valence-electron chi connectivity index (χ2n) is 2.08. The van der Waals surface area contributed by atoms with Crippen LogP contribution < -0.4 is 0 Å². The van der Waals surface area contributed by atoms with Crippen LogP contribution >= 0.6 is 0 Å². The zero-order chi connectivity index (χ0) is 8.15. The third kappa shape index (κ3) is 3.25. The number of hydrogen-bond acceptors (Lipinski definition) is 3.